The van der Waals surface area contributed by atoms with E-state index < -0.39 is 17.6 Å². The van der Waals surface area contributed by atoms with E-state index in [4.69, 9.17) is 9.84 Å². The topological polar surface area (TPSA) is 46.5 Å². The quantitative estimate of drug-likeness (QED) is 0.750. The van der Waals surface area contributed by atoms with Gasteiger partial charge >= 0.3 is 5.97 Å². The highest BCUT2D eigenvalue weighted by atomic mass is 19.1. The number of hydrogen-bond donors (Lipinski definition) is 1. The van der Waals surface area contributed by atoms with Gasteiger partial charge in [-0.25, -0.2) is 8.78 Å². The fourth-order valence-corrected chi connectivity index (χ4v) is 1.33. The highest BCUT2D eigenvalue weighted by Crippen LogP contribution is 2.17. The zero-order valence-corrected chi connectivity index (χ0v) is 9.29. The van der Waals surface area contributed by atoms with Crippen molar-refractivity contribution in [3.8, 4) is 5.75 Å². The van der Waals surface area contributed by atoms with E-state index in [9.17, 15) is 13.6 Å². The number of rotatable bonds is 7. The second kappa shape index (κ2) is 6.83. The van der Waals surface area contributed by atoms with Crippen LogP contribution in [0, 0.1) is 11.6 Å². The number of carboxylic acid groups (broad SMARTS) is 1. The summed E-state index contributed by atoms with van der Waals surface area (Å²) in [5, 5.41) is 8.39. The summed E-state index contributed by atoms with van der Waals surface area (Å²) in [6.07, 6.45) is 2.05. The lowest BCUT2D eigenvalue weighted by Crippen LogP contribution is -2.00. The zero-order chi connectivity index (χ0) is 12.7. The predicted octanol–water partition coefficient (Wildman–Crippen LogP) is 2.99. The van der Waals surface area contributed by atoms with Gasteiger partial charge in [0.05, 0.1) is 6.61 Å². The van der Waals surface area contributed by atoms with Crippen molar-refractivity contribution >= 4 is 5.97 Å². The van der Waals surface area contributed by atoms with Gasteiger partial charge < -0.3 is 9.84 Å². The average Bonchev–Trinajstić information content (AvgIpc) is 2.25. The third-order valence-corrected chi connectivity index (χ3v) is 2.19. The molecule has 0 aliphatic rings. The van der Waals surface area contributed by atoms with Crippen LogP contribution in [-0.2, 0) is 4.79 Å². The summed E-state index contributed by atoms with van der Waals surface area (Å²) in [4.78, 5) is 10.2. The van der Waals surface area contributed by atoms with Crippen molar-refractivity contribution < 1.29 is 23.4 Å². The summed E-state index contributed by atoms with van der Waals surface area (Å²) in [5.41, 5.74) is 0. The van der Waals surface area contributed by atoms with Crippen molar-refractivity contribution in [3.05, 3.63) is 29.8 Å². The molecule has 3 nitrogen and oxygen atoms in total. The Morgan fingerprint density at radius 1 is 1.24 bits per heavy atom. The molecule has 0 amide bonds. The molecule has 0 fully saturated rings. The molecule has 0 saturated heterocycles. The molecule has 0 aliphatic carbocycles. The normalized spacial score (nSPS) is 10.2. The molecular weight excluding hydrogens is 230 g/mol. The summed E-state index contributed by atoms with van der Waals surface area (Å²) in [5.74, 6) is -2.17. The van der Waals surface area contributed by atoms with Crippen molar-refractivity contribution in [3.63, 3.8) is 0 Å². The summed E-state index contributed by atoms with van der Waals surface area (Å²) in [7, 11) is 0. The minimum atomic E-state index is -0.824. The molecule has 0 heterocycles. The van der Waals surface area contributed by atoms with E-state index in [0.717, 1.165) is 12.1 Å². The SMILES string of the molecule is O=C(O)CCCCCOc1ccc(F)cc1F. The molecule has 1 aromatic carbocycles. The first-order valence-corrected chi connectivity index (χ1v) is 5.39. The van der Waals surface area contributed by atoms with E-state index in [2.05, 4.69) is 0 Å². The number of hydrogen-bond acceptors (Lipinski definition) is 2. The van der Waals surface area contributed by atoms with Crippen molar-refractivity contribution in [1.82, 2.24) is 0 Å². The molecule has 1 aromatic rings. The summed E-state index contributed by atoms with van der Waals surface area (Å²) in [6, 6.07) is 3.13. The summed E-state index contributed by atoms with van der Waals surface area (Å²) >= 11 is 0. The molecule has 0 saturated carbocycles. The van der Waals surface area contributed by atoms with E-state index in [-0.39, 0.29) is 12.2 Å². The van der Waals surface area contributed by atoms with E-state index >= 15 is 0 Å². The van der Waals surface area contributed by atoms with E-state index in [0.29, 0.717) is 25.9 Å². The van der Waals surface area contributed by atoms with Crippen LogP contribution in [0.2, 0.25) is 0 Å². The van der Waals surface area contributed by atoms with Gasteiger partial charge in [0, 0.05) is 12.5 Å². The molecule has 94 valence electrons. The fraction of sp³-hybridized carbons (Fsp3) is 0.417. The fourth-order valence-electron chi connectivity index (χ4n) is 1.33. The van der Waals surface area contributed by atoms with Gasteiger partial charge in [0.1, 0.15) is 5.82 Å². The Balaban J connectivity index is 2.20. The number of carbonyl (C=O) groups is 1. The van der Waals surface area contributed by atoms with Crippen molar-refractivity contribution in [1.29, 1.82) is 0 Å². The Kier molecular flexibility index (Phi) is 5.39. The minimum absolute atomic E-state index is 0.0182. The van der Waals surface area contributed by atoms with Gasteiger partial charge in [-0.15, -0.1) is 0 Å². The number of ether oxygens (including phenoxy) is 1. The van der Waals surface area contributed by atoms with Crippen LogP contribution in [0.3, 0.4) is 0 Å². The molecule has 0 radical (unpaired) electrons. The predicted molar refractivity (Wildman–Crippen MR) is 58.0 cm³/mol. The van der Waals surface area contributed by atoms with Crippen LogP contribution in [0.25, 0.3) is 0 Å². The van der Waals surface area contributed by atoms with Gasteiger partial charge in [-0.2, -0.15) is 0 Å². The van der Waals surface area contributed by atoms with Crippen LogP contribution in [0.1, 0.15) is 25.7 Å². The van der Waals surface area contributed by atoms with Crippen molar-refractivity contribution in [2.45, 2.75) is 25.7 Å². The maximum absolute atomic E-state index is 13.1. The van der Waals surface area contributed by atoms with E-state index in [1.165, 1.54) is 6.07 Å². The monoisotopic (exact) mass is 244 g/mol. The summed E-state index contributed by atoms with van der Waals surface area (Å²) < 4.78 is 30.8. The standard InChI is InChI=1S/C12H14F2O3/c13-9-5-6-11(10(14)8-9)17-7-3-1-2-4-12(15)16/h5-6,8H,1-4,7H2,(H,15,16). The molecule has 0 aromatic heterocycles. The van der Waals surface area contributed by atoms with Gasteiger partial charge in [-0.1, -0.05) is 0 Å². The number of aliphatic carboxylic acids is 1. The smallest absolute Gasteiger partial charge is 0.303 e. The van der Waals surface area contributed by atoms with E-state index in [1.54, 1.807) is 0 Å². The number of halogens is 2. The third-order valence-electron chi connectivity index (χ3n) is 2.19. The van der Waals surface area contributed by atoms with Crippen LogP contribution >= 0.6 is 0 Å². The Morgan fingerprint density at radius 2 is 2.00 bits per heavy atom. The number of benzene rings is 1. The lowest BCUT2D eigenvalue weighted by molar-refractivity contribution is -0.137. The van der Waals surface area contributed by atoms with Gasteiger partial charge in [-0.05, 0) is 31.4 Å². The van der Waals surface area contributed by atoms with Crippen LogP contribution < -0.4 is 4.74 Å². The Bertz CT molecular complexity index is 380. The maximum Gasteiger partial charge on any atom is 0.303 e. The first-order valence-electron chi connectivity index (χ1n) is 5.39. The lowest BCUT2D eigenvalue weighted by Gasteiger charge is -2.06. The molecule has 17 heavy (non-hydrogen) atoms. The Hall–Kier alpha value is -1.65. The van der Waals surface area contributed by atoms with Crippen LogP contribution in [0.5, 0.6) is 5.75 Å². The molecule has 0 unspecified atom stereocenters. The zero-order valence-electron chi connectivity index (χ0n) is 9.29. The van der Waals surface area contributed by atoms with Crippen LogP contribution in [0.15, 0.2) is 18.2 Å². The highest BCUT2D eigenvalue weighted by Gasteiger charge is 2.04. The first kappa shape index (κ1) is 13.4. The second-order valence-electron chi connectivity index (χ2n) is 3.63. The second-order valence-corrected chi connectivity index (χ2v) is 3.63. The van der Waals surface area contributed by atoms with Crippen LogP contribution in [-0.4, -0.2) is 17.7 Å². The van der Waals surface area contributed by atoms with Gasteiger partial charge in [-0.3, -0.25) is 4.79 Å². The minimum Gasteiger partial charge on any atom is -0.491 e. The molecule has 0 bridgehead atoms. The summed E-state index contributed by atoms with van der Waals surface area (Å²) in [6.45, 7) is 0.294. The molecule has 0 atom stereocenters. The Morgan fingerprint density at radius 3 is 2.65 bits per heavy atom. The third kappa shape index (κ3) is 5.29. The average molecular weight is 244 g/mol. The molecular formula is C12H14F2O3. The highest BCUT2D eigenvalue weighted by molar-refractivity contribution is 5.66. The number of unbranched alkanes of at least 4 members (excludes halogenated alkanes) is 2. The first-order chi connectivity index (χ1) is 8.09. The molecule has 1 N–H and O–H groups in total. The van der Waals surface area contributed by atoms with E-state index in [1.807, 2.05) is 0 Å². The molecule has 5 heteroatoms. The van der Waals surface area contributed by atoms with Crippen LogP contribution in [0.4, 0.5) is 8.78 Å². The largest absolute Gasteiger partial charge is 0.491 e. The van der Waals surface area contributed by atoms with Gasteiger partial charge in [0.15, 0.2) is 11.6 Å². The van der Waals surface area contributed by atoms with Gasteiger partial charge in [0.25, 0.3) is 0 Å². The van der Waals surface area contributed by atoms with Crippen molar-refractivity contribution in [2.75, 3.05) is 6.61 Å². The molecule has 0 aliphatic heterocycles. The lowest BCUT2D eigenvalue weighted by atomic mass is 10.2. The van der Waals surface area contributed by atoms with Crippen molar-refractivity contribution in [2.24, 2.45) is 0 Å². The molecule has 1 rings (SSSR count). The number of carboxylic acids is 1. The molecule has 0 spiro atoms. The Labute approximate surface area is 98.0 Å². The van der Waals surface area contributed by atoms with Gasteiger partial charge in [0.2, 0.25) is 0 Å². The maximum atomic E-state index is 13.1.